The van der Waals surface area contributed by atoms with Gasteiger partial charge in [-0.2, -0.15) is 0 Å². The number of amides is 1. The number of anilines is 3. The van der Waals surface area contributed by atoms with Gasteiger partial charge in [-0.05, 0) is 49.2 Å². The Bertz CT molecular complexity index is 960. The van der Waals surface area contributed by atoms with E-state index in [1.165, 1.54) is 5.69 Å². The fraction of sp³-hybridized carbons (Fsp3) is 0.261. The molecule has 3 aromatic rings. The molecule has 0 spiro atoms. The van der Waals surface area contributed by atoms with Gasteiger partial charge in [0.15, 0.2) is 11.5 Å². The summed E-state index contributed by atoms with van der Waals surface area (Å²) < 4.78 is 0. The van der Waals surface area contributed by atoms with Crippen molar-refractivity contribution in [3.8, 4) is 0 Å². The van der Waals surface area contributed by atoms with Gasteiger partial charge < -0.3 is 15.1 Å². The first-order chi connectivity index (χ1) is 14.1. The molecule has 1 N–H and O–H groups in total. The maximum absolute atomic E-state index is 12.6. The fourth-order valence-corrected chi connectivity index (χ4v) is 3.64. The Morgan fingerprint density at radius 3 is 2.07 bits per heavy atom. The summed E-state index contributed by atoms with van der Waals surface area (Å²) in [6.07, 6.45) is 0. The van der Waals surface area contributed by atoms with E-state index in [1.807, 2.05) is 44.2 Å². The van der Waals surface area contributed by atoms with Crippen molar-refractivity contribution in [3.63, 3.8) is 0 Å². The third-order valence-electron chi connectivity index (χ3n) is 5.33. The molecule has 6 nitrogen and oxygen atoms in total. The van der Waals surface area contributed by atoms with Gasteiger partial charge in [0.2, 0.25) is 0 Å². The smallest absolute Gasteiger partial charge is 0.276 e. The van der Waals surface area contributed by atoms with E-state index >= 15 is 0 Å². The fourth-order valence-electron chi connectivity index (χ4n) is 3.64. The summed E-state index contributed by atoms with van der Waals surface area (Å²) in [5.74, 6) is 0.566. The first kappa shape index (κ1) is 18.9. The second-order valence-electron chi connectivity index (χ2n) is 7.31. The van der Waals surface area contributed by atoms with Crippen LogP contribution in [0.3, 0.4) is 0 Å². The summed E-state index contributed by atoms with van der Waals surface area (Å²) in [6, 6.07) is 20.0. The van der Waals surface area contributed by atoms with Crippen LogP contribution in [-0.2, 0) is 0 Å². The maximum atomic E-state index is 12.6. The Hall–Kier alpha value is -3.41. The van der Waals surface area contributed by atoms with Crippen molar-refractivity contribution in [1.29, 1.82) is 0 Å². The molecule has 148 valence electrons. The number of carbonyl (C=O) groups is 1. The highest BCUT2D eigenvalue weighted by molar-refractivity contribution is 6.03. The van der Waals surface area contributed by atoms with E-state index in [4.69, 9.17) is 0 Å². The molecule has 4 rings (SSSR count). The van der Waals surface area contributed by atoms with Crippen LogP contribution in [0, 0.1) is 13.8 Å². The maximum Gasteiger partial charge on any atom is 0.276 e. The third-order valence-corrected chi connectivity index (χ3v) is 5.33. The van der Waals surface area contributed by atoms with Gasteiger partial charge >= 0.3 is 0 Å². The number of aromatic nitrogens is 2. The van der Waals surface area contributed by atoms with E-state index in [1.54, 1.807) is 6.07 Å². The molecule has 0 saturated carbocycles. The van der Waals surface area contributed by atoms with Crippen molar-refractivity contribution >= 4 is 23.1 Å². The van der Waals surface area contributed by atoms with Crippen LogP contribution in [0.2, 0.25) is 0 Å². The lowest BCUT2D eigenvalue weighted by atomic mass is 10.1. The quantitative estimate of drug-likeness (QED) is 0.740. The zero-order valence-corrected chi connectivity index (χ0v) is 16.8. The van der Waals surface area contributed by atoms with E-state index in [0.717, 1.165) is 48.8 Å². The lowest BCUT2D eigenvalue weighted by Gasteiger charge is -2.36. The van der Waals surface area contributed by atoms with Crippen molar-refractivity contribution < 1.29 is 4.79 Å². The average Bonchev–Trinajstić information content (AvgIpc) is 2.77. The normalized spacial score (nSPS) is 14.0. The molecular formula is C23H25N5O. The van der Waals surface area contributed by atoms with Gasteiger partial charge in [-0.25, -0.2) is 0 Å². The van der Waals surface area contributed by atoms with Gasteiger partial charge in [-0.3, -0.25) is 4.79 Å². The first-order valence-electron chi connectivity index (χ1n) is 9.88. The molecule has 2 aromatic carbocycles. The van der Waals surface area contributed by atoms with Crippen molar-refractivity contribution in [2.75, 3.05) is 41.3 Å². The summed E-state index contributed by atoms with van der Waals surface area (Å²) >= 11 is 0. The number of piperazine rings is 1. The molecule has 29 heavy (non-hydrogen) atoms. The van der Waals surface area contributed by atoms with E-state index in [2.05, 4.69) is 49.6 Å². The zero-order chi connectivity index (χ0) is 20.2. The van der Waals surface area contributed by atoms with E-state index in [0.29, 0.717) is 5.69 Å². The van der Waals surface area contributed by atoms with Crippen LogP contribution < -0.4 is 15.1 Å². The molecule has 2 heterocycles. The molecule has 0 atom stereocenters. The number of nitrogens with zero attached hydrogens (tertiary/aromatic N) is 4. The molecule has 1 aromatic heterocycles. The van der Waals surface area contributed by atoms with Gasteiger partial charge in [0, 0.05) is 37.6 Å². The van der Waals surface area contributed by atoms with Crippen molar-refractivity contribution in [3.05, 3.63) is 77.5 Å². The SMILES string of the molecule is Cc1cccc(C)c1NC(=O)c1ccc(N2CCN(c3ccccc3)CC2)nn1. The lowest BCUT2D eigenvalue weighted by molar-refractivity contribution is 0.102. The second-order valence-corrected chi connectivity index (χ2v) is 7.31. The molecule has 1 amide bonds. The Kier molecular flexibility index (Phi) is 5.42. The minimum absolute atomic E-state index is 0.240. The van der Waals surface area contributed by atoms with Crippen molar-refractivity contribution in [1.82, 2.24) is 10.2 Å². The summed E-state index contributed by atoms with van der Waals surface area (Å²) in [7, 11) is 0. The Labute approximate surface area is 171 Å². The first-order valence-corrected chi connectivity index (χ1v) is 9.88. The van der Waals surface area contributed by atoms with E-state index in [9.17, 15) is 4.79 Å². The van der Waals surface area contributed by atoms with Crippen LogP contribution in [-0.4, -0.2) is 42.3 Å². The molecular weight excluding hydrogens is 362 g/mol. The highest BCUT2D eigenvalue weighted by Crippen LogP contribution is 2.21. The molecule has 0 unspecified atom stereocenters. The number of benzene rings is 2. The van der Waals surface area contributed by atoms with Crippen LogP contribution in [0.15, 0.2) is 60.7 Å². The van der Waals surface area contributed by atoms with Crippen LogP contribution in [0.25, 0.3) is 0 Å². The van der Waals surface area contributed by atoms with Crippen LogP contribution in [0.5, 0.6) is 0 Å². The zero-order valence-electron chi connectivity index (χ0n) is 16.8. The van der Waals surface area contributed by atoms with Gasteiger partial charge in [-0.15, -0.1) is 10.2 Å². The van der Waals surface area contributed by atoms with Gasteiger partial charge in [0.1, 0.15) is 0 Å². The molecule has 1 aliphatic rings. The predicted octanol–water partition coefficient (Wildman–Crippen LogP) is 3.67. The van der Waals surface area contributed by atoms with Crippen LogP contribution in [0.1, 0.15) is 21.6 Å². The molecule has 1 fully saturated rings. The minimum Gasteiger partial charge on any atom is -0.368 e. The van der Waals surface area contributed by atoms with E-state index in [-0.39, 0.29) is 5.91 Å². The Morgan fingerprint density at radius 2 is 1.45 bits per heavy atom. The molecule has 0 bridgehead atoms. The Balaban J connectivity index is 1.39. The largest absolute Gasteiger partial charge is 0.368 e. The van der Waals surface area contributed by atoms with Gasteiger partial charge in [0.25, 0.3) is 5.91 Å². The van der Waals surface area contributed by atoms with E-state index < -0.39 is 0 Å². The molecule has 6 heteroatoms. The summed E-state index contributed by atoms with van der Waals surface area (Å²) in [4.78, 5) is 17.2. The highest BCUT2D eigenvalue weighted by atomic mass is 16.1. The minimum atomic E-state index is -0.240. The summed E-state index contributed by atoms with van der Waals surface area (Å²) in [6.45, 7) is 7.56. The number of rotatable bonds is 4. The van der Waals surface area contributed by atoms with Crippen LogP contribution in [0.4, 0.5) is 17.2 Å². The standard InChI is InChI=1S/C23H25N5O/c1-17-7-6-8-18(2)22(17)24-23(29)20-11-12-21(26-25-20)28-15-13-27(14-16-28)19-9-4-3-5-10-19/h3-12H,13-16H2,1-2H3,(H,24,29). The number of nitrogens with one attached hydrogen (secondary N) is 1. The summed E-state index contributed by atoms with van der Waals surface area (Å²) in [5, 5.41) is 11.4. The van der Waals surface area contributed by atoms with Crippen molar-refractivity contribution in [2.24, 2.45) is 0 Å². The predicted molar refractivity (Wildman–Crippen MR) is 117 cm³/mol. The van der Waals surface area contributed by atoms with Gasteiger partial charge in [0.05, 0.1) is 0 Å². The number of aryl methyl sites for hydroxylation is 2. The van der Waals surface area contributed by atoms with Gasteiger partial charge in [-0.1, -0.05) is 36.4 Å². The monoisotopic (exact) mass is 387 g/mol. The number of para-hydroxylation sites is 2. The topological polar surface area (TPSA) is 61.4 Å². The van der Waals surface area contributed by atoms with Crippen molar-refractivity contribution in [2.45, 2.75) is 13.8 Å². The third kappa shape index (κ3) is 4.21. The molecule has 1 aliphatic heterocycles. The van der Waals surface area contributed by atoms with Crippen LogP contribution >= 0.6 is 0 Å². The number of hydrogen-bond donors (Lipinski definition) is 1. The second kappa shape index (κ2) is 8.31. The highest BCUT2D eigenvalue weighted by Gasteiger charge is 2.19. The average molecular weight is 387 g/mol. The number of carbonyl (C=O) groups excluding carboxylic acids is 1. The summed E-state index contributed by atoms with van der Waals surface area (Å²) in [5.41, 5.74) is 4.45. The number of hydrogen-bond acceptors (Lipinski definition) is 5. The Morgan fingerprint density at radius 1 is 0.793 bits per heavy atom. The molecule has 1 saturated heterocycles. The lowest BCUT2D eigenvalue weighted by Crippen LogP contribution is -2.46. The molecule has 0 radical (unpaired) electrons. The molecule has 0 aliphatic carbocycles.